The minimum atomic E-state index is 0.891. The first kappa shape index (κ1) is 25.9. The zero-order chi connectivity index (χ0) is 30.2. The molecule has 0 aliphatic heterocycles. The predicted molar refractivity (Wildman–Crippen MR) is 199 cm³/mol. The lowest BCUT2D eigenvalue weighted by Gasteiger charge is -2.08. The molecule has 0 saturated heterocycles. The largest absolute Gasteiger partial charge is 0.251 e. The van der Waals surface area contributed by atoms with Gasteiger partial charge >= 0.3 is 0 Å². The van der Waals surface area contributed by atoms with Crippen molar-refractivity contribution in [3.05, 3.63) is 146 Å². The van der Waals surface area contributed by atoms with Crippen molar-refractivity contribution in [1.29, 1.82) is 0 Å². The van der Waals surface area contributed by atoms with Crippen LogP contribution in [-0.4, -0.2) is 9.97 Å². The molecule has 0 radical (unpaired) electrons. The Labute approximate surface area is 272 Å². The second-order valence-electron chi connectivity index (χ2n) is 11.7. The number of thiophene rings is 2. The third-order valence-corrected chi connectivity index (χ3v) is 11.5. The summed E-state index contributed by atoms with van der Waals surface area (Å²) in [5.41, 5.74) is 7.80. The molecule has 0 bridgehead atoms. The Hall–Kier alpha value is -5.42. The lowest BCUT2D eigenvalue weighted by atomic mass is 9.97. The minimum Gasteiger partial charge on any atom is -0.251 e. The van der Waals surface area contributed by atoms with Gasteiger partial charge in [0.15, 0.2) is 0 Å². The van der Waals surface area contributed by atoms with E-state index in [1.165, 1.54) is 74.1 Å². The number of rotatable bonds is 3. The second kappa shape index (κ2) is 10.0. The van der Waals surface area contributed by atoms with Crippen molar-refractivity contribution in [2.45, 2.75) is 0 Å². The Morgan fingerprint density at radius 3 is 1.91 bits per heavy atom. The maximum absolute atomic E-state index is 5.19. The summed E-state index contributed by atoms with van der Waals surface area (Å²) in [6, 6.07) is 50.3. The molecule has 0 aliphatic carbocycles. The van der Waals surface area contributed by atoms with Crippen LogP contribution < -0.4 is 0 Å². The van der Waals surface area contributed by atoms with Gasteiger partial charge in [0.1, 0.15) is 10.3 Å². The van der Waals surface area contributed by atoms with Gasteiger partial charge < -0.3 is 0 Å². The highest BCUT2D eigenvalue weighted by Gasteiger charge is 2.17. The third-order valence-electron chi connectivity index (χ3n) is 9.15. The van der Waals surface area contributed by atoms with Crippen molar-refractivity contribution < 1.29 is 0 Å². The molecule has 3 aromatic heterocycles. The fourth-order valence-electron chi connectivity index (χ4n) is 6.98. The van der Waals surface area contributed by atoms with Crippen LogP contribution in [0.5, 0.6) is 0 Å². The van der Waals surface area contributed by atoms with Crippen molar-refractivity contribution in [1.82, 2.24) is 9.97 Å². The van der Waals surface area contributed by atoms with Gasteiger partial charge in [-0.05, 0) is 50.5 Å². The fraction of sp³-hybridized carbons (Fsp3) is 0. The topological polar surface area (TPSA) is 25.8 Å². The number of nitrogens with zero attached hydrogens (tertiary/aromatic N) is 2. The number of fused-ring (bicyclic) bond motifs is 11. The van der Waals surface area contributed by atoms with Crippen LogP contribution >= 0.6 is 22.7 Å². The molecule has 3 heterocycles. The van der Waals surface area contributed by atoms with Crippen LogP contribution in [0.4, 0.5) is 0 Å². The molecule has 0 spiro atoms. The number of aromatic nitrogens is 2. The second-order valence-corrected chi connectivity index (χ2v) is 13.8. The molecule has 0 atom stereocenters. The van der Waals surface area contributed by atoms with E-state index in [0.29, 0.717) is 0 Å². The van der Waals surface area contributed by atoms with Crippen LogP contribution in [0.15, 0.2) is 146 Å². The molecule has 214 valence electrons. The van der Waals surface area contributed by atoms with E-state index in [2.05, 4.69) is 140 Å². The molecular weight excluding hydrogens is 597 g/mol. The molecule has 10 rings (SSSR count). The van der Waals surface area contributed by atoms with E-state index in [9.17, 15) is 0 Å². The quantitative estimate of drug-likeness (QED) is 0.184. The van der Waals surface area contributed by atoms with Crippen molar-refractivity contribution in [2.75, 3.05) is 0 Å². The van der Waals surface area contributed by atoms with Crippen molar-refractivity contribution >= 4 is 84.8 Å². The highest BCUT2D eigenvalue weighted by atomic mass is 32.1. The zero-order valence-corrected chi connectivity index (χ0v) is 26.2. The van der Waals surface area contributed by atoms with Crippen LogP contribution in [0.3, 0.4) is 0 Å². The van der Waals surface area contributed by atoms with E-state index in [1.54, 1.807) is 11.3 Å². The van der Waals surface area contributed by atoms with E-state index in [4.69, 9.17) is 9.97 Å². The normalized spacial score (nSPS) is 11.9. The van der Waals surface area contributed by atoms with Gasteiger partial charge in [-0.2, -0.15) is 0 Å². The Morgan fingerprint density at radius 1 is 0.435 bits per heavy atom. The first-order valence-corrected chi connectivity index (χ1v) is 17.0. The van der Waals surface area contributed by atoms with Crippen molar-refractivity contribution in [3.8, 4) is 33.5 Å². The average molecular weight is 621 g/mol. The monoisotopic (exact) mass is 620 g/mol. The van der Waals surface area contributed by atoms with Gasteiger partial charge in [-0.3, -0.25) is 4.98 Å². The SMILES string of the molecule is c1cc(-c2ccc(-c3cccc4c3sc3ccccc34)cc2)cc(-c2cnc3c(n2)sc2c4ccccc4c4ccccc4c32)c1. The van der Waals surface area contributed by atoms with Gasteiger partial charge in [-0.25, -0.2) is 4.98 Å². The third kappa shape index (κ3) is 3.87. The first-order valence-electron chi connectivity index (χ1n) is 15.4. The Balaban J connectivity index is 1.05. The number of benzene rings is 7. The molecular formula is C42H24N2S2. The van der Waals surface area contributed by atoms with Gasteiger partial charge in [0.05, 0.1) is 11.9 Å². The summed E-state index contributed by atoms with van der Waals surface area (Å²) in [5.74, 6) is 0. The Kier molecular flexibility index (Phi) is 5.65. The van der Waals surface area contributed by atoms with Gasteiger partial charge in [-0.15, -0.1) is 22.7 Å². The van der Waals surface area contributed by atoms with Gasteiger partial charge in [0.25, 0.3) is 0 Å². The molecule has 0 saturated carbocycles. The van der Waals surface area contributed by atoms with E-state index >= 15 is 0 Å². The molecule has 0 N–H and O–H groups in total. The summed E-state index contributed by atoms with van der Waals surface area (Å²) in [6.07, 6.45) is 1.94. The van der Waals surface area contributed by atoms with Gasteiger partial charge in [-0.1, -0.05) is 127 Å². The van der Waals surface area contributed by atoms with Gasteiger partial charge in [0, 0.05) is 41.2 Å². The highest BCUT2D eigenvalue weighted by molar-refractivity contribution is 7.26. The van der Waals surface area contributed by atoms with Crippen LogP contribution in [0.25, 0.3) is 95.7 Å². The lowest BCUT2D eigenvalue weighted by molar-refractivity contribution is 1.32. The predicted octanol–water partition coefficient (Wildman–Crippen LogP) is 12.5. The maximum Gasteiger partial charge on any atom is 0.143 e. The minimum absolute atomic E-state index is 0.891. The summed E-state index contributed by atoms with van der Waals surface area (Å²) >= 11 is 3.62. The van der Waals surface area contributed by atoms with Crippen LogP contribution in [0.2, 0.25) is 0 Å². The van der Waals surface area contributed by atoms with E-state index in [0.717, 1.165) is 21.6 Å². The van der Waals surface area contributed by atoms with Gasteiger partial charge in [0.2, 0.25) is 0 Å². The standard InChI is InChI=1S/C42H24N2S2/c1-3-14-33-30(11-1)31-12-2-4-15-34(31)41-38(33)39-42(46-41)44-36(24-43-39)28-10-7-9-27(23-28)25-19-21-26(22-20-25)29-16-8-17-35-32-13-5-6-18-37(32)45-40(29)35/h1-24H. The van der Waals surface area contributed by atoms with Crippen LogP contribution in [0.1, 0.15) is 0 Å². The highest BCUT2D eigenvalue weighted by Crippen LogP contribution is 2.43. The lowest BCUT2D eigenvalue weighted by Crippen LogP contribution is -1.88. The average Bonchev–Trinajstić information content (AvgIpc) is 3.71. The Morgan fingerprint density at radius 2 is 1.07 bits per heavy atom. The van der Waals surface area contributed by atoms with Crippen molar-refractivity contribution in [3.63, 3.8) is 0 Å². The smallest absolute Gasteiger partial charge is 0.143 e. The zero-order valence-electron chi connectivity index (χ0n) is 24.6. The molecule has 0 amide bonds. The summed E-state index contributed by atoms with van der Waals surface area (Å²) in [6.45, 7) is 0. The molecule has 4 heteroatoms. The van der Waals surface area contributed by atoms with E-state index in [-0.39, 0.29) is 0 Å². The molecule has 7 aromatic carbocycles. The number of hydrogen-bond donors (Lipinski definition) is 0. The van der Waals surface area contributed by atoms with E-state index < -0.39 is 0 Å². The summed E-state index contributed by atoms with van der Waals surface area (Å²) < 4.78 is 3.92. The molecule has 10 aromatic rings. The number of hydrogen-bond acceptors (Lipinski definition) is 4. The molecule has 46 heavy (non-hydrogen) atoms. The molecule has 0 fully saturated rings. The maximum atomic E-state index is 5.19. The summed E-state index contributed by atoms with van der Waals surface area (Å²) in [5, 5.41) is 8.89. The van der Waals surface area contributed by atoms with Crippen molar-refractivity contribution in [2.24, 2.45) is 0 Å². The fourth-order valence-corrected chi connectivity index (χ4v) is 9.40. The molecule has 0 aliphatic rings. The Bertz CT molecular complexity index is 2810. The molecule has 2 nitrogen and oxygen atoms in total. The van der Waals surface area contributed by atoms with E-state index in [1.807, 2.05) is 17.5 Å². The first-order chi connectivity index (χ1) is 22.8. The summed E-state index contributed by atoms with van der Waals surface area (Å²) in [7, 11) is 0. The molecule has 0 unspecified atom stereocenters. The van der Waals surface area contributed by atoms with Crippen LogP contribution in [-0.2, 0) is 0 Å². The van der Waals surface area contributed by atoms with Crippen LogP contribution in [0, 0.1) is 0 Å². The summed E-state index contributed by atoms with van der Waals surface area (Å²) in [4.78, 5) is 11.2.